The Kier molecular flexibility index (Phi) is 6.81. The second kappa shape index (κ2) is 8.36. The maximum Gasteiger partial charge on any atom is 0.338 e. The van der Waals surface area contributed by atoms with Crippen LogP contribution in [-0.2, 0) is 20.7 Å². The van der Waals surface area contributed by atoms with Gasteiger partial charge in [-0.2, -0.15) is 0 Å². The van der Waals surface area contributed by atoms with Gasteiger partial charge < -0.3 is 9.84 Å². The second-order valence-electron chi connectivity index (χ2n) is 4.16. The average molecular weight is 355 g/mol. The van der Waals surface area contributed by atoms with Crippen LogP contribution in [0.3, 0.4) is 0 Å². The third kappa shape index (κ3) is 5.51. The van der Waals surface area contributed by atoms with Crippen LogP contribution in [0.25, 0.3) is 6.08 Å². The number of hydrogen-bond donors (Lipinski definition) is 1. The van der Waals surface area contributed by atoms with Crippen LogP contribution in [0.4, 0.5) is 0 Å². The summed E-state index contributed by atoms with van der Waals surface area (Å²) in [5, 5.41) is 8.82. The van der Waals surface area contributed by atoms with Crippen LogP contribution in [0.15, 0.2) is 24.3 Å². The molecule has 0 aromatic heterocycles. The Labute approximate surface area is 130 Å². The van der Waals surface area contributed by atoms with E-state index in [1.807, 2.05) is 0 Å². The van der Waals surface area contributed by atoms with E-state index >= 15 is 0 Å². The number of hydrogen-bond acceptors (Lipinski definition) is 4. The van der Waals surface area contributed by atoms with Gasteiger partial charge in [0.2, 0.25) is 0 Å². The fourth-order valence-electron chi connectivity index (χ4n) is 1.68. The van der Waals surface area contributed by atoms with Crippen LogP contribution in [0.5, 0.6) is 0 Å². The Balaban J connectivity index is 3.15. The molecule has 1 rings (SSSR count). The van der Waals surface area contributed by atoms with Crippen LogP contribution in [0, 0.1) is 0 Å². The molecule has 0 spiro atoms. The predicted octanol–water partition coefficient (Wildman–Crippen LogP) is 2.47. The molecule has 1 aromatic carbocycles. The number of carboxylic acid groups (broad SMARTS) is 1. The van der Waals surface area contributed by atoms with Crippen LogP contribution < -0.4 is 0 Å². The van der Waals surface area contributed by atoms with Crippen LogP contribution in [0.1, 0.15) is 28.4 Å². The minimum absolute atomic E-state index is 0.0608. The standard InChI is InChI=1S/C15H15BrO5/c1-2-21-15(20)13-7-10(4-6-14(18)19)3-5-11(13)8-12(17)9-16/h3-7H,2,8-9H2,1H3,(H,18,19)/b6-4+. The number of alkyl halides is 1. The molecular weight excluding hydrogens is 340 g/mol. The topological polar surface area (TPSA) is 80.7 Å². The molecule has 1 N–H and O–H groups in total. The second-order valence-corrected chi connectivity index (χ2v) is 4.72. The maximum atomic E-state index is 11.9. The number of carbonyl (C=O) groups is 3. The van der Waals surface area contributed by atoms with Crippen molar-refractivity contribution in [2.75, 3.05) is 11.9 Å². The van der Waals surface area contributed by atoms with Crippen molar-refractivity contribution in [2.24, 2.45) is 0 Å². The first-order chi connectivity index (χ1) is 9.97. The summed E-state index contributed by atoms with van der Waals surface area (Å²) in [6, 6.07) is 4.81. The van der Waals surface area contributed by atoms with Gasteiger partial charge in [0.25, 0.3) is 0 Å². The number of ketones is 1. The van der Waals surface area contributed by atoms with E-state index in [-0.39, 0.29) is 29.7 Å². The Morgan fingerprint density at radius 3 is 2.62 bits per heavy atom. The highest BCUT2D eigenvalue weighted by molar-refractivity contribution is 9.09. The van der Waals surface area contributed by atoms with E-state index in [2.05, 4.69) is 15.9 Å². The van der Waals surface area contributed by atoms with Gasteiger partial charge in [0.05, 0.1) is 17.5 Å². The summed E-state index contributed by atoms with van der Waals surface area (Å²) in [6.07, 6.45) is 2.47. The molecule has 0 heterocycles. The van der Waals surface area contributed by atoms with E-state index in [0.29, 0.717) is 11.1 Å². The lowest BCUT2D eigenvalue weighted by atomic mass is 9.99. The lowest BCUT2D eigenvalue weighted by molar-refractivity contribution is -0.131. The van der Waals surface area contributed by atoms with Gasteiger partial charge in [-0.15, -0.1) is 0 Å². The van der Waals surface area contributed by atoms with Crippen molar-refractivity contribution < 1.29 is 24.2 Å². The summed E-state index contributed by atoms with van der Waals surface area (Å²) in [5.74, 6) is -1.67. The fraction of sp³-hybridized carbons (Fsp3) is 0.267. The first-order valence-electron chi connectivity index (χ1n) is 6.26. The van der Waals surface area contributed by atoms with E-state index in [1.54, 1.807) is 19.1 Å². The molecule has 6 heteroatoms. The molecular formula is C15H15BrO5. The highest BCUT2D eigenvalue weighted by atomic mass is 79.9. The van der Waals surface area contributed by atoms with Gasteiger partial charge in [0.15, 0.2) is 0 Å². The largest absolute Gasteiger partial charge is 0.478 e. The first kappa shape index (κ1) is 17.1. The van der Waals surface area contributed by atoms with Crippen LogP contribution in [-0.4, -0.2) is 34.8 Å². The normalized spacial score (nSPS) is 10.6. The predicted molar refractivity (Wildman–Crippen MR) is 81.6 cm³/mol. The number of ether oxygens (including phenoxy) is 1. The molecule has 5 nitrogen and oxygen atoms in total. The number of carbonyl (C=O) groups excluding carboxylic acids is 2. The number of halogens is 1. The number of Topliss-reactive ketones (excluding diaryl/α,β-unsaturated/α-hetero) is 1. The molecule has 0 saturated heterocycles. The summed E-state index contributed by atoms with van der Waals surface area (Å²) in [4.78, 5) is 34.0. The molecule has 0 aliphatic rings. The molecule has 0 aliphatic carbocycles. The van der Waals surface area contributed by atoms with Gasteiger partial charge in [-0.25, -0.2) is 9.59 Å². The van der Waals surface area contributed by atoms with Gasteiger partial charge in [0.1, 0.15) is 5.78 Å². The van der Waals surface area contributed by atoms with Gasteiger partial charge in [-0.05, 0) is 30.2 Å². The van der Waals surface area contributed by atoms with Gasteiger partial charge in [0, 0.05) is 12.5 Å². The van der Waals surface area contributed by atoms with E-state index < -0.39 is 11.9 Å². The number of aliphatic carboxylic acids is 1. The molecule has 0 amide bonds. The Morgan fingerprint density at radius 1 is 1.33 bits per heavy atom. The lowest BCUT2D eigenvalue weighted by Gasteiger charge is -2.09. The summed E-state index contributed by atoms with van der Waals surface area (Å²) in [7, 11) is 0. The molecule has 1 aromatic rings. The number of rotatable bonds is 7. The molecule has 0 saturated carbocycles. The average Bonchev–Trinajstić information content (AvgIpc) is 2.46. The Bertz CT molecular complexity index is 577. The van der Waals surface area contributed by atoms with Crippen molar-refractivity contribution >= 4 is 39.7 Å². The summed E-state index contributed by atoms with van der Waals surface area (Å²) >= 11 is 3.08. The van der Waals surface area contributed by atoms with Crippen molar-refractivity contribution in [3.8, 4) is 0 Å². The van der Waals surface area contributed by atoms with Crippen LogP contribution >= 0.6 is 15.9 Å². The first-order valence-corrected chi connectivity index (χ1v) is 7.38. The third-order valence-electron chi connectivity index (χ3n) is 2.58. The Hall–Kier alpha value is -1.95. The monoisotopic (exact) mass is 354 g/mol. The zero-order valence-electron chi connectivity index (χ0n) is 11.5. The van der Waals surface area contributed by atoms with Crippen molar-refractivity contribution in [1.82, 2.24) is 0 Å². The van der Waals surface area contributed by atoms with Gasteiger partial charge in [-0.3, -0.25) is 4.79 Å². The SMILES string of the molecule is CCOC(=O)c1cc(/C=C/C(=O)O)ccc1CC(=O)CBr. The third-order valence-corrected chi connectivity index (χ3v) is 3.21. The lowest BCUT2D eigenvalue weighted by Crippen LogP contribution is -2.12. The highest BCUT2D eigenvalue weighted by Gasteiger charge is 2.15. The van der Waals surface area contributed by atoms with Crippen molar-refractivity contribution in [1.29, 1.82) is 0 Å². The molecule has 0 bridgehead atoms. The molecule has 0 aliphatic heterocycles. The summed E-state index contributed by atoms with van der Waals surface area (Å²) in [6.45, 7) is 1.91. The van der Waals surface area contributed by atoms with Gasteiger partial charge >= 0.3 is 11.9 Å². The minimum atomic E-state index is -1.08. The fourth-order valence-corrected chi connectivity index (χ4v) is 1.88. The molecule has 0 fully saturated rings. The number of esters is 1. The molecule has 0 radical (unpaired) electrons. The van der Waals surface area contributed by atoms with Gasteiger partial charge in [-0.1, -0.05) is 28.1 Å². The highest BCUT2D eigenvalue weighted by Crippen LogP contribution is 2.16. The number of benzene rings is 1. The maximum absolute atomic E-state index is 11.9. The van der Waals surface area contributed by atoms with E-state index in [4.69, 9.17) is 9.84 Å². The summed E-state index contributed by atoms with van der Waals surface area (Å²) in [5.41, 5.74) is 1.39. The van der Waals surface area contributed by atoms with E-state index in [0.717, 1.165) is 6.08 Å². The van der Waals surface area contributed by atoms with Crippen molar-refractivity contribution in [3.63, 3.8) is 0 Å². The Morgan fingerprint density at radius 2 is 2.05 bits per heavy atom. The quantitative estimate of drug-likeness (QED) is 0.462. The zero-order valence-corrected chi connectivity index (χ0v) is 13.1. The minimum Gasteiger partial charge on any atom is -0.478 e. The molecule has 0 unspecified atom stereocenters. The van der Waals surface area contributed by atoms with E-state index in [9.17, 15) is 14.4 Å². The van der Waals surface area contributed by atoms with Crippen molar-refractivity contribution in [3.05, 3.63) is 41.0 Å². The molecule has 112 valence electrons. The van der Waals surface area contributed by atoms with Crippen molar-refractivity contribution in [2.45, 2.75) is 13.3 Å². The van der Waals surface area contributed by atoms with Crippen LogP contribution in [0.2, 0.25) is 0 Å². The molecule has 21 heavy (non-hydrogen) atoms. The smallest absolute Gasteiger partial charge is 0.338 e. The molecule has 0 atom stereocenters. The number of carboxylic acids is 1. The summed E-state index contributed by atoms with van der Waals surface area (Å²) < 4.78 is 4.96. The van der Waals surface area contributed by atoms with E-state index in [1.165, 1.54) is 12.1 Å². The zero-order chi connectivity index (χ0) is 15.8.